The maximum atomic E-state index is 13.5. The second-order valence-electron chi connectivity index (χ2n) is 7.01. The monoisotopic (exact) mass is 548 g/mol. The predicted octanol–water partition coefficient (Wildman–Crippen LogP) is 4.70. The molecule has 0 aliphatic heterocycles. The highest BCUT2D eigenvalue weighted by molar-refractivity contribution is 9.10. The van der Waals surface area contributed by atoms with Gasteiger partial charge < -0.3 is 19.5 Å². The molecule has 8 nitrogen and oxygen atoms in total. The molecule has 0 atom stereocenters. The molecule has 0 radical (unpaired) electrons. The van der Waals surface area contributed by atoms with Crippen LogP contribution in [0.25, 0.3) is 0 Å². The number of carbonyl (C=O) groups excluding carboxylic acids is 1. The highest BCUT2D eigenvalue weighted by Gasteiger charge is 2.27. The van der Waals surface area contributed by atoms with Crippen LogP contribution in [-0.4, -0.2) is 41.7 Å². The number of hydrogen-bond donors (Lipinski definition) is 1. The molecule has 3 aromatic carbocycles. The Bertz CT molecular complexity index is 1230. The molecular weight excluding hydrogens is 524 g/mol. The molecule has 0 saturated carbocycles. The number of halogens is 1. The van der Waals surface area contributed by atoms with Crippen LogP contribution in [0.5, 0.6) is 17.2 Å². The van der Waals surface area contributed by atoms with E-state index >= 15 is 0 Å². The minimum atomic E-state index is -4.06. The van der Waals surface area contributed by atoms with E-state index in [1.807, 2.05) is 6.92 Å². The van der Waals surface area contributed by atoms with Crippen molar-refractivity contribution < 1.29 is 27.4 Å². The van der Waals surface area contributed by atoms with Gasteiger partial charge in [-0.25, -0.2) is 8.42 Å². The summed E-state index contributed by atoms with van der Waals surface area (Å²) >= 11 is 3.31. The number of amides is 1. The summed E-state index contributed by atoms with van der Waals surface area (Å²) in [6, 6.07) is 17.7. The summed E-state index contributed by atoms with van der Waals surface area (Å²) in [7, 11) is -1.08. The van der Waals surface area contributed by atoms with Gasteiger partial charge in [0.2, 0.25) is 5.91 Å². The van der Waals surface area contributed by atoms with Gasteiger partial charge in [0, 0.05) is 10.5 Å². The van der Waals surface area contributed by atoms with Crippen LogP contribution in [-0.2, 0) is 14.8 Å². The van der Waals surface area contributed by atoms with Crippen molar-refractivity contribution in [2.24, 2.45) is 0 Å². The largest absolute Gasteiger partial charge is 0.497 e. The van der Waals surface area contributed by atoms with Crippen LogP contribution in [0.3, 0.4) is 0 Å². The molecule has 180 valence electrons. The number of benzene rings is 3. The van der Waals surface area contributed by atoms with Crippen molar-refractivity contribution in [2.75, 3.05) is 37.0 Å². The Morgan fingerprint density at radius 3 is 2.18 bits per heavy atom. The van der Waals surface area contributed by atoms with Crippen molar-refractivity contribution >= 4 is 43.2 Å². The second-order valence-corrected chi connectivity index (χ2v) is 9.78. The van der Waals surface area contributed by atoms with Gasteiger partial charge >= 0.3 is 0 Å². The molecule has 34 heavy (non-hydrogen) atoms. The van der Waals surface area contributed by atoms with Gasteiger partial charge in [0.05, 0.1) is 37.1 Å². The van der Waals surface area contributed by atoms with Crippen molar-refractivity contribution in [2.45, 2.75) is 11.8 Å². The van der Waals surface area contributed by atoms with E-state index < -0.39 is 22.5 Å². The molecule has 0 aromatic heterocycles. The zero-order valence-corrected chi connectivity index (χ0v) is 21.4. The Labute approximate surface area is 207 Å². The van der Waals surface area contributed by atoms with Gasteiger partial charge in [-0.3, -0.25) is 9.10 Å². The lowest BCUT2D eigenvalue weighted by atomic mass is 10.2. The lowest BCUT2D eigenvalue weighted by Gasteiger charge is -2.24. The van der Waals surface area contributed by atoms with E-state index in [0.29, 0.717) is 35.2 Å². The molecule has 1 amide bonds. The average molecular weight is 549 g/mol. The Balaban J connectivity index is 1.95. The first-order chi connectivity index (χ1) is 16.3. The summed E-state index contributed by atoms with van der Waals surface area (Å²) in [5, 5.41) is 2.72. The summed E-state index contributed by atoms with van der Waals surface area (Å²) in [4.78, 5) is 13.1. The van der Waals surface area contributed by atoms with Gasteiger partial charge in [0.1, 0.15) is 23.8 Å². The van der Waals surface area contributed by atoms with E-state index in [-0.39, 0.29) is 4.90 Å². The van der Waals surface area contributed by atoms with Crippen molar-refractivity contribution in [1.82, 2.24) is 0 Å². The van der Waals surface area contributed by atoms with E-state index in [1.54, 1.807) is 54.6 Å². The summed E-state index contributed by atoms with van der Waals surface area (Å²) < 4.78 is 44.8. The van der Waals surface area contributed by atoms with Crippen LogP contribution in [0, 0.1) is 0 Å². The number of sulfonamides is 1. The molecule has 0 bridgehead atoms. The zero-order valence-electron chi connectivity index (χ0n) is 18.9. The smallest absolute Gasteiger partial charge is 0.264 e. The van der Waals surface area contributed by atoms with Crippen molar-refractivity contribution in [3.63, 3.8) is 0 Å². The Hall–Kier alpha value is -3.24. The number of anilines is 2. The van der Waals surface area contributed by atoms with Crippen LogP contribution in [0.1, 0.15) is 6.92 Å². The van der Waals surface area contributed by atoms with Gasteiger partial charge in [-0.05, 0) is 67.6 Å². The van der Waals surface area contributed by atoms with E-state index in [1.165, 1.54) is 26.4 Å². The topological polar surface area (TPSA) is 94.2 Å². The summed E-state index contributed by atoms with van der Waals surface area (Å²) in [5.41, 5.74) is 0.679. The van der Waals surface area contributed by atoms with Crippen LogP contribution in [0.15, 0.2) is 76.1 Å². The van der Waals surface area contributed by atoms with Crippen molar-refractivity contribution in [3.8, 4) is 17.2 Å². The molecule has 0 heterocycles. The third-order valence-corrected chi connectivity index (χ3v) is 7.12. The van der Waals surface area contributed by atoms with E-state index in [0.717, 1.165) is 8.78 Å². The third-order valence-electron chi connectivity index (χ3n) is 4.81. The fourth-order valence-corrected chi connectivity index (χ4v) is 4.84. The molecular formula is C24H25BrN2O6S. The van der Waals surface area contributed by atoms with Crippen LogP contribution < -0.4 is 23.8 Å². The van der Waals surface area contributed by atoms with Crippen LogP contribution >= 0.6 is 15.9 Å². The molecule has 0 spiro atoms. The lowest BCUT2D eigenvalue weighted by Crippen LogP contribution is -2.38. The lowest BCUT2D eigenvalue weighted by molar-refractivity contribution is -0.114. The summed E-state index contributed by atoms with van der Waals surface area (Å²) in [6.45, 7) is 1.87. The highest BCUT2D eigenvalue weighted by Crippen LogP contribution is 2.30. The molecule has 1 N–H and O–H groups in total. The van der Waals surface area contributed by atoms with Gasteiger partial charge in [0.25, 0.3) is 10.0 Å². The molecule has 0 unspecified atom stereocenters. The molecule has 3 aromatic rings. The molecule has 0 fully saturated rings. The summed E-state index contributed by atoms with van der Waals surface area (Å²) in [5.74, 6) is 0.971. The van der Waals surface area contributed by atoms with E-state index in [4.69, 9.17) is 14.2 Å². The number of methoxy groups -OCH3 is 2. The average Bonchev–Trinajstić information content (AvgIpc) is 2.83. The normalized spacial score (nSPS) is 10.9. The quantitative estimate of drug-likeness (QED) is 0.394. The van der Waals surface area contributed by atoms with E-state index in [2.05, 4.69) is 21.2 Å². The molecule has 0 aliphatic rings. The second kappa shape index (κ2) is 11.3. The van der Waals surface area contributed by atoms with Gasteiger partial charge in [-0.1, -0.05) is 15.9 Å². The van der Waals surface area contributed by atoms with Crippen LogP contribution in [0.4, 0.5) is 11.4 Å². The SMILES string of the molecule is CCOc1ccc(N(CC(=O)Nc2cc(OC)ccc2OC)S(=O)(=O)c2ccc(Br)cc2)cc1. The molecule has 0 aliphatic carbocycles. The maximum absolute atomic E-state index is 13.5. The maximum Gasteiger partial charge on any atom is 0.264 e. The predicted molar refractivity (Wildman–Crippen MR) is 134 cm³/mol. The fraction of sp³-hybridized carbons (Fsp3) is 0.208. The van der Waals surface area contributed by atoms with Crippen molar-refractivity contribution in [3.05, 3.63) is 71.2 Å². The van der Waals surface area contributed by atoms with E-state index in [9.17, 15) is 13.2 Å². The molecule has 0 saturated heterocycles. The summed E-state index contributed by atoms with van der Waals surface area (Å²) in [6.07, 6.45) is 0. The third kappa shape index (κ3) is 6.00. The number of nitrogens with zero attached hydrogens (tertiary/aromatic N) is 1. The zero-order chi connectivity index (χ0) is 24.7. The fourth-order valence-electron chi connectivity index (χ4n) is 3.16. The first-order valence-electron chi connectivity index (χ1n) is 10.3. The Kier molecular flexibility index (Phi) is 8.41. The highest BCUT2D eigenvalue weighted by atomic mass is 79.9. The number of hydrogen-bond acceptors (Lipinski definition) is 6. The molecule has 10 heteroatoms. The van der Waals surface area contributed by atoms with Crippen molar-refractivity contribution in [1.29, 1.82) is 0 Å². The standard InChI is InChI=1S/C24H25BrN2O6S/c1-4-33-19-9-7-18(8-10-19)27(34(29,30)21-12-5-17(25)6-13-21)16-24(28)26-22-15-20(31-2)11-14-23(22)32-3/h5-15H,4,16H2,1-3H3,(H,26,28). The first kappa shape index (κ1) is 25.4. The number of rotatable bonds is 10. The van der Waals surface area contributed by atoms with Gasteiger partial charge in [-0.2, -0.15) is 0 Å². The minimum Gasteiger partial charge on any atom is -0.497 e. The van der Waals surface area contributed by atoms with Gasteiger partial charge in [-0.15, -0.1) is 0 Å². The first-order valence-corrected chi connectivity index (χ1v) is 12.5. The number of carbonyl (C=O) groups is 1. The Morgan fingerprint density at radius 2 is 1.59 bits per heavy atom. The number of nitrogens with one attached hydrogen (secondary N) is 1. The Morgan fingerprint density at radius 1 is 0.941 bits per heavy atom. The van der Waals surface area contributed by atoms with Crippen LogP contribution in [0.2, 0.25) is 0 Å². The van der Waals surface area contributed by atoms with Gasteiger partial charge in [0.15, 0.2) is 0 Å². The molecule has 3 rings (SSSR count). The minimum absolute atomic E-state index is 0.0522. The number of ether oxygens (including phenoxy) is 3.